The van der Waals surface area contributed by atoms with Crippen molar-refractivity contribution in [3.05, 3.63) is 48.5 Å². The summed E-state index contributed by atoms with van der Waals surface area (Å²) >= 11 is 0. The maximum Gasteiger partial charge on any atom is 0.295 e. The summed E-state index contributed by atoms with van der Waals surface area (Å²) in [5, 5.41) is 26.0. The summed E-state index contributed by atoms with van der Waals surface area (Å²) in [5.41, 5.74) is 6.66. The molecule has 0 aliphatic carbocycles. The van der Waals surface area contributed by atoms with Crippen LogP contribution in [0.3, 0.4) is 0 Å². The number of hydrogen-bond donors (Lipinski definition) is 3. The SMILES string of the molecule is CN=Nc1cc(S(=O)(=O)O)c2ccc(N=Nc3ccccc3)c(O)c2c1N. The normalized spacial score (nSPS) is 12.4. The Morgan fingerprint density at radius 3 is 2.30 bits per heavy atom. The molecule has 4 N–H and O–H groups in total. The Morgan fingerprint density at radius 2 is 1.67 bits per heavy atom. The van der Waals surface area contributed by atoms with Gasteiger partial charge in [0.15, 0.2) is 5.75 Å². The van der Waals surface area contributed by atoms with Crippen molar-refractivity contribution in [3.63, 3.8) is 0 Å². The lowest BCUT2D eigenvalue weighted by Gasteiger charge is -2.12. The van der Waals surface area contributed by atoms with Gasteiger partial charge in [0.1, 0.15) is 16.3 Å². The summed E-state index contributed by atoms with van der Waals surface area (Å²) in [4.78, 5) is -0.448. The fourth-order valence-corrected chi connectivity index (χ4v) is 3.27. The number of phenols is 1. The van der Waals surface area contributed by atoms with Crippen LogP contribution in [-0.2, 0) is 10.1 Å². The molecular weight excluding hydrogens is 370 g/mol. The van der Waals surface area contributed by atoms with E-state index >= 15 is 0 Å². The highest BCUT2D eigenvalue weighted by molar-refractivity contribution is 7.86. The van der Waals surface area contributed by atoms with Gasteiger partial charge in [0.2, 0.25) is 0 Å². The smallest absolute Gasteiger partial charge is 0.295 e. The molecule has 10 heteroatoms. The molecule has 0 saturated heterocycles. The van der Waals surface area contributed by atoms with Gasteiger partial charge in [0, 0.05) is 12.4 Å². The van der Waals surface area contributed by atoms with E-state index in [1.807, 2.05) is 6.07 Å². The highest BCUT2D eigenvalue weighted by Gasteiger charge is 2.22. The van der Waals surface area contributed by atoms with E-state index in [0.29, 0.717) is 5.69 Å². The van der Waals surface area contributed by atoms with Crippen molar-refractivity contribution in [2.24, 2.45) is 20.5 Å². The van der Waals surface area contributed by atoms with Crippen molar-refractivity contribution < 1.29 is 18.1 Å². The predicted octanol–water partition coefficient (Wildman–Crippen LogP) is 4.50. The van der Waals surface area contributed by atoms with Crippen LogP contribution in [0.5, 0.6) is 5.75 Å². The third-order valence-corrected chi connectivity index (χ3v) is 4.64. The van der Waals surface area contributed by atoms with E-state index in [2.05, 4.69) is 20.5 Å². The number of phenolic OH excluding ortho intramolecular Hbond substituents is 1. The molecule has 3 rings (SSSR count). The lowest BCUT2D eigenvalue weighted by Crippen LogP contribution is -2.01. The van der Waals surface area contributed by atoms with Crippen molar-refractivity contribution in [2.45, 2.75) is 4.90 Å². The third kappa shape index (κ3) is 3.61. The van der Waals surface area contributed by atoms with Gasteiger partial charge < -0.3 is 10.8 Å². The Bertz CT molecular complexity index is 1180. The summed E-state index contributed by atoms with van der Waals surface area (Å²) < 4.78 is 33.0. The summed E-state index contributed by atoms with van der Waals surface area (Å²) in [5.74, 6) is -0.386. The second kappa shape index (κ2) is 7.09. The first-order valence-corrected chi connectivity index (χ1v) is 9.09. The van der Waals surface area contributed by atoms with Crippen LogP contribution >= 0.6 is 0 Å². The number of fused-ring (bicyclic) bond motifs is 1. The Labute approximate surface area is 154 Å². The number of benzene rings is 3. The molecule has 138 valence electrons. The number of nitrogens with zero attached hydrogens (tertiary/aromatic N) is 4. The standard InChI is InChI=1S/C17H15N5O4S/c1-19-21-13-9-14(27(24,25)26)11-7-8-12(17(23)15(11)16(13)18)22-20-10-5-3-2-4-6-10/h2-9,23H,18H2,1H3,(H,24,25,26). The Balaban J connectivity index is 2.28. The number of hydrogen-bond acceptors (Lipinski definition) is 8. The minimum absolute atomic E-state index is 0.00254. The molecule has 0 unspecified atom stereocenters. The van der Waals surface area contributed by atoms with Crippen LogP contribution in [0.25, 0.3) is 10.8 Å². The van der Waals surface area contributed by atoms with E-state index in [4.69, 9.17) is 5.73 Å². The minimum Gasteiger partial charge on any atom is -0.505 e. The number of azo groups is 2. The van der Waals surface area contributed by atoms with Crippen LogP contribution in [0.2, 0.25) is 0 Å². The number of nitrogen functional groups attached to an aromatic ring is 1. The van der Waals surface area contributed by atoms with Gasteiger partial charge in [-0.25, -0.2) is 0 Å². The van der Waals surface area contributed by atoms with Gasteiger partial charge in [0.25, 0.3) is 10.1 Å². The molecule has 0 aliphatic rings. The molecule has 0 aliphatic heterocycles. The first-order valence-electron chi connectivity index (χ1n) is 7.65. The third-order valence-electron chi connectivity index (χ3n) is 3.75. The van der Waals surface area contributed by atoms with E-state index in [0.717, 1.165) is 6.07 Å². The molecule has 3 aromatic carbocycles. The zero-order chi connectivity index (χ0) is 19.6. The number of rotatable bonds is 4. The predicted molar refractivity (Wildman–Crippen MR) is 101 cm³/mol. The molecule has 0 radical (unpaired) electrons. The van der Waals surface area contributed by atoms with Gasteiger partial charge in [-0.1, -0.05) is 24.3 Å². The maximum atomic E-state index is 11.7. The monoisotopic (exact) mass is 385 g/mol. The number of nitrogens with two attached hydrogens (primary N) is 1. The Morgan fingerprint density at radius 1 is 0.963 bits per heavy atom. The van der Waals surface area contributed by atoms with Gasteiger partial charge in [-0.2, -0.15) is 23.8 Å². The van der Waals surface area contributed by atoms with Crippen LogP contribution in [0.15, 0.2) is 73.9 Å². The largest absolute Gasteiger partial charge is 0.505 e. The van der Waals surface area contributed by atoms with Gasteiger partial charge in [-0.05, 0) is 24.3 Å². The van der Waals surface area contributed by atoms with E-state index in [9.17, 15) is 18.1 Å². The van der Waals surface area contributed by atoms with Crippen LogP contribution in [0, 0.1) is 0 Å². The zero-order valence-corrected chi connectivity index (χ0v) is 14.9. The van der Waals surface area contributed by atoms with E-state index in [1.165, 1.54) is 19.2 Å². The summed E-state index contributed by atoms with van der Waals surface area (Å²) in [7, 11) is -3.22. The maximum absolute atomic E-state index is 11.7. The van der Waals surface area contributed by atoms with E-state index in [1.54, 1.807) is 24.3 Å². The molecule has 3 aromatic rings. The fourth-order valence-electron chi connectivity index (χ4n) is 2.56. The second-order valence-electron chi connectivity index (χ2n) is 5.47. The van der Waals surface area contributed by atoms with Gasteiger partial charge in [-0.3, -0.25) is 4.55 Å². The molecular formula is C17H15N5O4S. The molecule has 27 heavy (non-hydrogen) atoms. The average molecular weight is 385 g/mol. The molecule has 0 atom stereocenters. The lowest BCUT2D eigenvalue weighted by molar-refractivity contribution is 0.482. The molecule has 0 heterocycles. The zero-order valence-electron chi connectivity index (χ0n) is 14.1. The molecule has 0 aromatic heterocycles. The molecule has 0 spiro atoms. The van der Waals surface area contributed by atoms with Crippen LogP contribution in [-0.4, -0.2) is 25.1 Å². The number of aromatic hydroxyl groups is 1. The van der Waals surface area contributed by atoms with Crippen molar-refractivity contribution in [1.82, 2.24) is 0 Å². The molecule has 0 fully saturated rings. The van der Waals surface area contributed by atoms with Crippen molar-refractivity contribution in [3.8, 4) is 5.75 Å². The molecule has 9 nitrogen and oxygen atoms in total. The fraction of sp³-hybridized carbons (Fsp3) is 0.0588. The second-order valence-corrected chi connectivity index (χ2v) is 6.86. The van der Waals surface area contributed by atoms with Crippen molar-refractivity contribution in [1.29, 1.82) is 0 Å². The van der Waals surface area contributed by atoms with Crippen LogP contribution in [0.4, 0.5) is 22.7 Å². The molecule has 0 amide bonds. The Hall–Kier alpha value is -3.37. The summed E-state index contributed by atoms with van der Waals surface area (Å²) in [6.45, 7) is 0. The van der Waals surface area contributed by atoms with Gasteiger partial charge >= 0.3 is 0 Å². The van der Waals surface area contributed by atoms with Gasteiger partial charge in [0.05, 0.1) is 16.8 Å². The highest BCUT2D eigenvalue weighted by Crippen LogP contribution is 2.44. The average Bonchev–Trinajstić information content (AvgIpc) is 2.63. The first kappa shape index (κ1) is 18.4. The first-order chi connectivity index (χ1) is 12.8. The van der Waals surface area contributed by atoms with E-state index in [-0.39, 0.29) is 33.6 Å². The van der Waals surface area contributed by atoms with Crippen LogP contribution in [0.1, 0.15) is 0 Å². The van der Waals surface area contributed by atoms with Crippen LogP contribution < -0.4 is 5.73 Å². The number of anilines is 1. The summed E-state index contributed by atoms with van der Waals surface area (Å²) in [6, 6.07) is 12.7. The molecule has 0 bridgehead atoms. The van der Waals surface area contributed by atoms with Crippen molar-refractivity contribution >= 4 is 43.6 Å². The lowest BCUT2D eigenvalue weighted by atomic mass is 10.1. The van der Waals surface area contributed by atoms with E-state index < -0.39 is 15.0 Å². The molecule has 0 saturated carbocycles. The quantitative estimate of drug-likeness (QED) is 0.343. The van der Waals surface area contributed by atoms with Crippen molar-refractivity contribution in [2.75, 3.05) is 12.8 Å². The van der Waals surface area contributed by atoms with Gasteiger partial charge in [-0.15, -0.1) is 5.11 Å². The Kier molecular flexibility index (Phi) is 4.84. The highest BCUT2D eigenvalue weighted by atomic mass is 32.2. The summed E-state index contributed by atoms with van der Waals surface area (Å²) in [6.07, 6.45) is 0. The topological polar surface area (TPSA) is 150 Å². The minimum atomic E-state index is -4.59.